The van der Waals surface area contributed by atoms with Gasteiger partial charge in [0, 0.05) is 24.2 Å². The highest BCUT2D eigenvalue weighted by molar-refractivity contribution is 7.90. The summed E-state index contributed by atoms with van der Waals surface area (Å²) < 4.78 is 66.6. The van der Waals surface area contributed by atoms with E-state index in [1.54, 1.807) is 6.07 Å². The minimum Gasteiger partial charge on any atom is -0.406 e. The predicted molar refractivity (Wildman–Crippen MR) is 103 cm³/mol. The molecule has 0 fully saturated rings. The quantitative estimate of drug-likeness (QED) is 0.543. The SMILES string of the molecule is C[C@H](NC(=O)c1cc(OC(F)(F)F)cc(S(C)(=O)=O)c1)c1nc(N)nn1-c1ncccn1. The Kier molecular flexibility index (Phi) is 6.03. The number of anilines is 1. The Bertz CT molecular complexity index is 1250. The van der Waals surface area contributed by atoms with Gasteiger partial charge in [0.05, 0.1) is 10.9 Å². The molecule has 0 bridgehead atoms. The monoisotopic (exact) mass is 471 g/mol. The molecule has 2 heterocycles. The van der Waals surface area contributed by atoms with Gasteiger partial charge in [0.2, 0.25) is 5.95 Å². The average molecular weight is 471 g/mol. The van der Waals surface area contributed by atoms with E-state index in [0.717, 1.165) is 18.4 Å². The number of rotatable bonds is 6. The first kappa shape index (κ1) is 22.9. The van der Waals surface area contributed by atoms with Gasteiger partial charge < -0.3 is 15.8 Å². The second-order valence-corrected chi connectivity index (χ2v) is 8.51. The van der Waals surface area contributed by atoms with Crippen molar-refractivity contribution in [3.63, 3.8) is 0 Å². The van der Waals surface area contributed by atoms with Gasteiger partial charge in [0.1, 0.15) is 5.75 Å². The van der Waals surface area contributed by atoms with Crippen LogP contribution in [0.3, 0.4) is 0 Å². The normalized spacial score (nSPS) is 12.9. The lowest BCUT2D eigenvalue weighted by atomic mass is 10.2. The number of hydrogen-bond acceptors (Lipinski definition) is 9. The highest BCUT2D eigenvalue weighted by atomic mass is 32.2. The Morgan fingerprint density at radius 1 is 1.22 bits per heavy atom. The molecule has 3 N–H and O–H groups in total. The summed E-state index contributed by atoms with van der Waals surface area (Å²) in [5, 5.41) is 6.47. The largest absolute Gasteiger partial charge is 0.573 e. The van der Waals surface area contributed by atoms with Crippen molar-refractivity contribution in [1.29, 1.82) is 0 Å². The van der Waals surface area contributed by atoms with Crippen molar-refractivity contribution >= 4 is 21.7 Å². The minimum atomic E-state index is -5.08. The van der Waals surface area contributed by atoms with Crippen molar-refractivity contribution in [2.45, 2.75) is 24.2 Å². The summed E-state index contributed by atoms with van der Waals surface area (Å²) in [6.45, 7) is 1.51. The molecular formula is C17H16F3N7O4S. The predicted octanol–water partition coefficient (Wildman–Crippen LogP) is 1.43. The number of nitrogens with two attached hydrogens (primary N) is 1. The maximum Gasteiger partial charge on any atom is 0.573 e. The van der Waals surface area contributed by atoms with Crippen molar-refractivity contribution < 1.29 is 31.1 Å². The Morgan fingerprint density at radius 3 is 2.47 bits per heavy atom. The summed E-state index contributed by atoms with van der Waals surface area (Å²) in [5.74, 6) is -1.63. The number of carbonyl (C=O) groups excluding carboxylic acids is 1. The van der Waals surface area contributed by atoms with E-state index in [4.69, 9.17) is 5.73 Å². The molecule has 3 rings (SSSR count). The topological polar surface area (TPSA) is 155 Å². The van der Waals surface area contributed by atoms with Gasteiger partial charge in [0.15, 0.2) is 15.7 Å². The summed E-state index contributed by atoms with van der Waals surface area (Å²) in [6.07, 6.45) is -1.39. The average Bonchev–Trinajstić information content (AvgIpc) is 3.08. The Labute approximate surface area is 179 Å². The first-order valence-corrected chi connectivity index (χ1v) is 10.6. The van der Waals surface area contributed by atoms with Crippen LogP contribution in [0.2, 0.25) is 0 Å². The Hall–Kier alpha value is -3.75. The molecule has 3 aromatic rings. The van der Waals surface area contributed by atoms with Crippen molar-refractivity contribution in [3.05, 3.63) is 48.0 Å². The number of nitrogens with zero attached hydrogens (tertiary/aromatic N) is 5. The van der Waals surface area contributed by atoms with E-state index in [2.05, 4.69) is 30.1 Å². The number of nitrogens with one attached hydrogen (secondary N) is 1. The molecule has 0 unspecified atom stereocenters. The van der Waals surface area contributed by atoms with Gasteiger partial charge in [-0.05, 0) is 31.2 Å². The fraction of sp³-hybridized carbons (Fsp3) is 0.235. The first-order valence-electron chi connectivity index (χ1n) is 8.75. The summed E-state index contributed by atoms with van der Waals surface area (Å²) in [5.41, 5.74) is 5.26. The summed E-state index contributed by atoms with van der Waals surface area (Å²) >= 11 is 0. The second-order valence-electron chi connectivity index (χ2n) is 6.50. The van der Waals surface area contributed by atoms with Crippen LogP contribution in [-0.4, -0.2) is 51.7 Å². The van der Waals surface area contributed by atoms with Crippen LogP contribution in [0.15, 0.2) is 41.6 Å². The second kappa shape index (κ2) is 8.41. The number of halogens is 3. The number of hydrogen-bond donors (Lipinski definition) is 2. The lowest BCUT2D eigenvalue weighted by molar-refractivity contribution is -0.274. The third kappa shape index (κ3) is 5.48. The van der Waals surface area contributed by atoms with E-state index < -0.39 is 38.8 Å². The van der Waals surface area contributed by atoms with Gasteiger partial charge in [0.25, 0.3) is 11.9 Å². The van der Waals surface area contributed by atoms with Crippen molar-refractivity contribution in [2.75, 3.05) is 12.0 Å². The fourth-order valence-electron chi connectivity index (χ4n) is 2.62. The van der Waals surface area contributed by atoms with Crippen LogP contribution in [0, 0.1) is 0 Å². The molecule has 170 valence electrons. The van der Waals surface area contributed by atoms with Crippen molar-refractivity contribution in [2.24, 2.45) is 0 Å². The maximum atomic E-state index is 12.7. The minimum absolute atomic E-state index is 0.118. The van der Waals surface area contributed by atoms with E-state index in [1.165, 1.54) is 24.0 Å². The highest BCUT2D eigenvalue weighted by Crippen LogP contribution is 2.27. The zero-order chi connectivity index (χ0) is 23.7. The summed E-state index contributed by atoms with van der Waals surface area (Å²) in [7, 11) is -3.94. The van der Waals surface area contributed by atoms with Gasteiger partial charge in [-0.2, -0.15) is 9.67 Å². The van der Waals surface area contributed by atoms with Gasteiger partial charge >= 0.3 is 6.36 Å². The lowest BCUT2D eigenvalue weighted by Crippen LogP contribution is -2.29. The fourth-order valence-corrected chi connectivity index (χ4v) is 3.29. The molecule has 32 heavy (non-hydrogen) atoms. The molecule has 0 spiro atoms. The molecule has 1 amide bonds. The van der Waals surface area contributed by atoms with Gasteiger partial charge in [-0.15, -0.1) is 18.3 Å². The molecular weight excluding hydrogens is 455 g/mol. The van der Waals surface area contributed by atoms with Crippen molar-refractivity contribution in [3.8, 4) is 11.7 Å². The summed E-state index contributed by atoms with van der Waals surface area (Å²) in [6, 6.07) is 3.07. The van der Waals surface area contributed by atoms with Crippen LogP contribution < -0.4 is 15.8 Å². The zero-order valence-corrected chi connectivity index (χ0v) is 17.3. The Morgan fingerprint density at radius 2 is 1.88 bits per heavy atom. The van der Waals surface area contributed by atoms with Crippen LogP contribution in [0.4, 0.5) is 19.1 Å². The van der Waals surface area contributed by atoms with Crippen LogP contribution in [0.1, 0.15) is 29.1 Å². The number of alkyl halides is 3. The molecule has 0 aliphatic heterocycles. The van der Waals surface area contributed by atoms with E-state index in [9.17, 15) is 26.4 Å². The number of aromatic nitrogens is 5. The molecule has 15 heteroatoms. The van der Waals surface area contributed by atoms with Gasteiger partial charge in [-0.3, -0.25) is 4.79 Å². The van der Waals surface area contributed by atoms with Crippen LogP contribution >= 0.6 is 0 Å². The molecule has 11 nitrogen and oxygen atoms in total. The highest BCUT2D eigenvalue weighted by Gasteiger charge is 2.32. The van der Waals surface area contributed by atoms with E-state index >= 15 is 0 Å². The lowest BCUT2D eigenvalue weighted by Gasteiger charge is -2.15. The van der Waals surface area contributed by atoms with E-state index in [-0.39, 0.29) is 23.3 Å². The number of sulfone groups is 1. The third-order valence-electron chi connectivity index (χ3n) is 3.93. The smallest absolute Gasteiger partial charge is 0.406 e. The molecule has 0 radical (unpaired) electrons. The molecule has 0 saturated carbocycles. The van der Waals surface area contributed by atoms with Crippen molar-refractivity contribution in [1.82, 2.24) is 30.0 Å². The number of benzene rings is 1. The third-order valence-corrected chi connectivity index (χ3v) is 5.02. The number of nitrogen functional groups attached to an aromatic ring is 1. The number of carbonyl (C=O) groups is 1. The molecule has 0 aliphatic carbocycles. The molecule has 1 aromatic carbocycles. The first-order chi connectivity index (χ1) is 14.8. The number of ether oxygens (including phenoxy) is 1. The molecule has 1 atom stereocenters. The Balaban J connectivity index is 1.93. The van der Waals surface area contributed by atoms with Crippen LogP contribution in [0.25, 0.3) is 5.95 Å². The van der Waals surface area contributed by atoms with Gasteiger partial charge in [-0.1, -0.05) is 0 Å². The van der Waals surface area contributed by atoms with Crippen LogP contribution in [-0.2, 0) is 9.84 Å². The molecule has 2 aromatic heterocycles. The number of amides is 1. The summed E-state index contributed by atoms with van der Waals surface area (Å²) in [4.78, 5) is 24.3. The molecule has 0 aliphatic rings. The molecule has 0 saturated heterocycles. The zero-order valence-electron chi connectivity index (χ0n) is 16.5. The standard InChI is InChI=1S/C17H16F3N7O4S/c1-9(13-25-15(21)26-27(13)16-22-4-3-5-23-16)24-14(28)10-6-11(31-17(18,19)20)8-12(7-10)32(2,29)30/h3-9H,1-2H3,(H2,21,26)(H,24,28)/t9-/m0/s1. The van der Waals surface area contributed by atoms with E-state index in [0.29, 0.717) is 6.07 Å². The van der Waals surface area contributed by atoms with Gasteiger partial charge in [-0.25, -0.2) is 18.4 Å². The van der Waals surface area contributed by atoms with Crippen LogP contribution in [0.5, 0.6) is 5.75 Å². The van der Waals surface area contributed by atoms with E-state index in [1.807, 2.05) is 0 Å². The maximum absolute atomic E-state index is 12.7.